The molecule has 0 amide bonds. The van der Waals surface area contributed by atoms with Crippen molar-refractivity contribution in [3.8, 4) is 6.07 Å². The number of hydrogen-bond donors (Lipinski definition) is 0. The van der Waals surface area contributed by atoms with E-state index < -0.39 is 5.54 Å². The molecule has 4 nitrogen and oxygen atoms in total. The lowest BCUT2D eigenvalue weighted by Crippen LogP contribution is -2.40. The lowest BCUT2D eigenvalue weighted by Gasteiger charge is -2.33. The van der Waals surface area contributed by atoms with Crippen molar-refractivity contribution < 1.29 is 9.53 Å². The number of aliphatic imine (C=N–C) groups is 1. The highest BCUT2D eigenvalue weighted by atomic mass is 16.5. The topological polar surface area (TPSA) is 62.5 Å². The Morgan fingerprint density at radius 1 is 1.64 bits per heavy atom. The van der Waals surface area contributed by atoms with Gasteiger partial charge in [0.15, 0.2) is 5.54 Å². The third kappa shape index (κ3) is 2.20. The van der Waals surface area contributed by atoms with Gasteiger partial charge in [-0.05, 0) is 5.92 Å². The summed E-state index contributed by atoms with van der Waals surface area (Å²) in [6.07, 6.45) is 2.48. The third-order valence-corrected chi connectivity index (χ3v) is 2.60. The normalized spacial score (nSPS) is 32.0. The molecule has 0 aromatic carbocycles. The van der Waals surface area contributed by atoms with Crippen LogP contribution in [0.1, 0.15) is 26.7 Å². The molecule has 0 spiro atoms. The lowest BCUT2D eigenvalue weighted by molar-refractivity contribution is -0.0305. The highest BCUT2D eigenvalue weighted by Gasteiger charge is 2.38. The molecule has 1 fully saturated rings. The van der Waals surface area contributed by atoms with Crippen molar-refractivity contribution in [3.63, 3.8) is 0 Å². The maximum Gasteiger partial charge on any atom is 0.236 e. The monoisotopic (exact) mass is 194 g/mol. The third-order valence-electron chi connectivity index (χ3n) is 2.60. The Morgan fingerprint density at radius 3 is 2.86 bits per heavy atom. The van der Waals surface area contributed by atoms with Gasteiger partial charge in [0.1, 0.15) is 0 Å². The molecule has 2 unspecified atom stereocenters. The highest BCUT2D eigenvalue weighted by molar-refractivity contribution is 5.37. The van der Waals surface area contributed by atoms with Gasteiger partial charge < -0.3 is 4.74 Å². The molecule has 0 aliphatic carbocycles. The highest BCUT2D eigenvalue weighted by Crippen LogP contribution is 2.30. The Hall–Kier alpha value is -1.17. The summed E-state index contributed by atoms with van der Waals surface area (Å²) in [6.45, 7) is 4.55. The van der Waals surface area contributed by atoms with Gasteiger partial charge in [-0.3, -0.25) is 0 Å². The van der Waals surface area contributed by atoms with E-state index in [4.69, 9.17) is 10.00 Å². The van der Waals surface area contributed by atoms with Crippen molar-refractivity contribution in [1.82, 2.24) is 0 Å². The summed E-state index contributed by atoms with van der Waals surface area (Å²) in [5.74, 6) is 0.338. The van der Waals surface area contributed by atoms with E-state index in [-0.39, 0.29) is 6.10 Å². The van der Waals surface area contributed by atoms with Gasteiger partial charge in [-0.2, -0.15) is 10.3 Å². The second-order valence-corrected chi connectivity index (χ2v) is 3.95. The number of nitriles is 1. The minimum absolute atomic E-state index is 0.0144. The van der Waals surface area contributed by atoms with E-state index >= 15 is 0 Å². The Balaban J connectivity index is 2.80. The predicted molar refractivity (Wildman–Crippen MR) is 50.3 cm³/mol. The zero-order valence-electron chi connectivity index (χ0n) is 8.49. The van der Waals surface area contributed by atoms with E-state index in [0.29, 0.717) is 25.4 Å². The second-order valence-electron chi connectivity index (χ2n) is 3.95. The first-order valence-electron chi connectivity index (χ1n) is 4.75. The van der Waals surface area contributed by atoms with Crippen LogP contribution in [0.5, 0.6) is 0 Å². The number of hydrogen-bond acceptors (Lipinski definition) is 4. The maximum absolute atomic E-state index is 10.2. The summed E-state index contributed by atoms with van der Waals surface area (Å²) in [5, 5.41) is 8.99. The number of isocyanates is 1. The Labute approximate surface area is 83.6 Å². The molecule has 76 valence electrons. The molecule has 0 bridgehead atoms. The van der Waals surface area contributed by atoms with Crippen LogP contribution < -0.4 is 0 Å². The largest absolute Gasteiger partial charge is 0.378 e. The summed E-state index contributed by atoms with van der Waals surface area (Å²) in [6, 6.07) is 2.09. The van der Waals surface area contributed by atoms with Crippen LogP contribution in [-0.4, -0.2) is 24.3 Å². The Bertz CT molecular complexity index is 289. The summed E-state index contributed by atoms with van der Waals surface area (Å²) < 4.78 is 5.50. The minimum atomic E-state index is -0.894. The zero-order valence-corrected chi connectivity index (χ0v) is 8.49. The van der Waals surface area contributed by atoms with Gasteiger partial charge in [0, 0.05) is 12.8 Å². The molecule has 0 aromatic rings. The summed E-state index contributed by atoms with van der Waals surface area (Å²) >= 11 is 0. The summed E-state index contributed by atoms with van der Waals surface area (Å²) in [5.41, 5.74) is -0.894. The standard InChI is InChI=1S/C10H14N2O2/c1-8(2)9-5-10(6-11,12-7-13)3-4-14-9/h8-9H,3-5H2,1-2H3. The number of ether oxygens (including phenoxy) is 1. The molecule has 1 heterocycles. The summed E-state index contributed by atoms with van der Waals surface area (Å²) in [7, 11) is 0. The molecule has 0 radical (unpaired) electrons. The average molecular weight is 194 g/mol. The van der Waals surface area contributed by atoms with E-state index in [9.17, 15) is 4.79 Å². The minimum Gasteiger partial charge on any atom is -0.378 e. The molecule has 4 heteroatoms. The van der Waals surface area contributed by atoms with Gasteiger partial charge in [0.2, 0.25) is 6.08 Å². The van der Waals surface area contributed by atoms with Crippen molar-refractivity contribution in [3.05, 3.63) is 0 Å². The number of rotatable bonds is 2. The zero-order chi connectivity index (χ0) is 10.6. The molecule has 2 atom stereocenters. The molecular formula is C10H14N2O2. The van der Waals surface area contributed by atoms with Crippen molar-refractivity contribution >= 4 is 6.08 Å². The quantitative estimate of drug-likeness (QED) is 0.493. The molecule has 0 aromatic heterocycles. The van der Waals surface area contributed by atoms with Gasteiger partial charge in [-0.15, -0.1) is 0 Å². The molecule has 1 saturated heterocycles. The summed E-state index contributed by atoms with van der Waals surface area (Å²) in [4.78, 5) is 13.8. The molecule has 1 aliphatic heterocycles. The fourth-order valence-electron chi connectivity index (χ4n) is 1.62. The van der Waals surface area contributed by atoms with Crippen LogP contribution in [0, 0.1) is 17.2 Å². The lowest BCUT2D eigenvalue weighted by atomic mass is 9.85. The van der Waals surface area contributed by atoms with Gasteiger partial charge in [0.05, 0.1) is 18.8 Å². The Kier molecular flexibility index (Phi) is 3.40. The van der Waals surface area contributed by atoms with Gasteiger partial charge in [-0.1, -0.05) is 13.8 Å². The van der Waals surface area contributed by atoms with Gasteiger partial charge in [-0.25, -0.2) is 4.79 Å². The molecule has 0 N–H and O–H groups in total. The average Bonchev–Trinajstić information content (AvgIpc) is 2.18. The van der Waals surface area contributed by atoms with Gasteiger partial charge in [0.25, 0.3) is 0 Å². The van der Waals surface area contributed by atoms with Crippen LogP contribution in [0.25, 0.3) is 0 Å². The maximum atomic E-state index is 10.2. The van der Waals surface area contributed by atoms with Crippen LogP contribution >= 0.6 is 0 Å². The molecule has 1 rings (SSSR count). The Morgan fingerprint density at radius 2 is 2.36 bits per heavy atom. The van der Waals surface area contributed by atoms with Crippen molar-refractivity contribution in [2.45, 2.75) is 38.3 Å². The molecule has 0 saturated carbocycles. The number of carbonyl (C=O) groups excluding carboxylic acids is 1. The molecule has 14 heavy (non-hydrogen) atoms. The second kappa shape index (κ2) is 4.36. The first-order chi connectivity index (χ1) is 6.63. The predicted octanol–water partition coefficient (Wildman–Crippen LogP) is 1.42. The van der Waals surface area contributed by atoms with Crippen LogP contribution in [0.3, 0.4) is 0 Å². The fourth-order valence-corrected chi connectivity index (χ4v) is 1.62. The van der Waals surface area contributed by atoms with Crippen molar-refractivity contribution in [1.29, 1.82) is 5.26 Å². The smallest absolute Gasteiger partial charge is 0.236 e. The van der Waals surface area contributed by atoms with E-state index in [1.807, 2.05) is 13.8 Å². The molecular weight excluding hydrogens is 180 g/mol. The van der Waals surface area contributed by atoms with E-state index in [1.165, 1.54) is 6.08 Å². The van der Waals surface area contributed by atoms with Crippen LogP contribution in [0.2, 0.25) is 0 Å². The first kappa shape index (κ1) is 10.9. The SMILES string of the molecule is CC(C)C1CC(C#N)(N=C=O)CCO1. The van der Waals surface area contributed by atoms with Crippen LogP contribution in [-0.2, 0) is 9.53 Å². The number of nitrogens with zero attached hydrogens (tertiary/aromatic N) is 2. The van der Waals surface area contributed by atoms with Crippen LogP contribution in [0.15, 0.2) is 4.99 Å². The van der Waals surface area contributed by atoms with Crippen molar-refractivity contribution in [2.75, 3.05) is 6.61 Å². The molecule has 1 aliphatic rings. The van der Waals surface area contributed by atoms with Crippen molar-refractivity contribution in [2.24, 2.45) is 10.9 Å². The fraction of sp³-hybridized carbons (Fsp3) is 0.800. The van der Waals surface area contributed by atoms with Gasteiger partial charge >= 0.3 is 0 Å². The van der Waals surface area contributed by atoms with E-state index in [2.05, 4.69) is 11.1 Å². The van der Waals surface area contributed by atoms with Crippen LogP contribution in [0.4, 0.5) is 0 Å². The van der Waals surface area contributed by atoms with E-state index in [0.717, 1.165) is 0 Å². The first-order valence-corrected chi connectivity index (χ1v) is 4.75. The van der Waals surface area contributed by atoms with E-state index in [1.54, 1.807) is 0 Å².